The molecule has 1 saturated carbocycles. The average Bonchev–Trinajstić information content (AvgIpc) is 2.92. The minimum Gasteiger partial charge on any atom is -0.311 e. The molecule has 1 aromatic carbocycles. The van der Waals surface area contributed by atoms with Crippen LogP contribution in [0.4, 0.5) is 0 Å². The van der Waals surface area contributed by atoms with E-state index in [0.29, 0.717) is 0 Å². The van der Waals surface area contributed by atoms with Crippen molar-refractivity contribution in [1.82, 2.24) is 5.32 Å². The van der Waals surface area contributed by atoms with Crippen molar-refractivity contribution in [3.8, 4) is 0 Å². The lowest BCUT2D eigenvalue weighted by atomic mass is 10.0. The lowest BCUT2D eigenvalue weighted by Gasteiger charge is -2.15. The van der Waals surface area contributed by atoms with Crippen LogP contribution >= 0.6 is 0 Å². The van der Waals surface area contributed by atoms with Crippen LogP contribution in [0.15, 0.2) is 30.3 Å². The lowest BCUT2D eigenvalue weighted by Crippen LogP contribution is -2.33. The molecule has 1 heterocycles. The Balaban J connectivity index is 1.69. The van der Waals surface area contributed by atoms with Gasteiger partial charge < -0.3 is 5.32 Å². The molecule has 0 aromatic heterocycles. The molecule has 0 spiro atoms. The second-order valence-electron chi connectivity index (χ2n) is 4.81. The molecule has 2 fully saturated rings. The van der Waals surface area contributed by atoms with Gasteiger partial charge in [0.15, 0.2) is 0 Å². The third-order valence-corrected chi connectivity index (χ3v) is 3.83. The Morgan fingerprint density at radius 1 is 1.21 bits per heavy atom. The molecule has 4 unspecified atom stereocenters. The van der Waals surface area contributed by atoms with Crippen molar-refractivity contribution in [3.05, 3.63) is 35.9 Å². The molecule has 0 radical (unpaired) electrons. The highest BCUT2D eigenvalue weighted by molar-refractivity contribution is 5.19. The van der Waals surface area contributed by atoms with E-state index in [0.717, 1.165) is 23.9 Å². The van der Waals surface area contributed by atoms with Crippen molar-refractivity contribution >= 4 is 0 Å². The van der Waals surface area contributed by atoms with Crippen LogP contribution in [-0.2, 0) is 6.42 Å². The Hall–Kier alpha value is -0.820. The van der Waals surface area contributed by atoms with Gasteiger partial charge in [0.05, 0.1) is 0 Å². The highest BCUT2D eigenvalue weighted by atomic mass is 15.0. The van der Waals surface area contributed by atoms with Gasteiger partial charge in [0.1, 0.15) is 0 Å². The van der Waals surface area contributed by atoms with Crippen molar-refractivity contribution in [3.63, 3.8) is 0 Å². The van der Waals surface area contributed by atoms with Gasteiger partial charge in [-0.3, -0.25) is 0 Å². The molecule has 2 aliphatic rings. The zero-order chi connectivity index (χ0) is 9.54. The van der Waals surface area contributed by atoms with E-state index in [1.165, 1.54) is 18.4 Å². The summed E-state index contributed by atoms with van der Waals surface area (Å²) in [6.07, 6.45) is 2.68. The first-order valence-corrected chi connectivity index (χ1v) is 5.64. The molecule has 0 bridgehead atoms. The Kier molecular flexibility index (Phi) is 1.88. The van der Waals surface area contributed by atoms with E-state index < -0.39 is 0 Å². The maximum absolute atomic E-state index is 3.70. The number of hydrogen-bond donors (Lipinski definition) is 1. The molecule has 1 nitrogen and oxygen atoms in total. The van der Waals surface area contributed by atoms with Crippen molar-refractivity contribution in [1.29, 1.82) is 0 Å². The fourth-order valence-corrected chi connectivity index (χ4v) is 2.94. The summed E-state index contributed by atoms with van der Waals surface area (Å²) in [5, 5.41) is 3.70. The van der Waals surface area contributed by atoms with Crippen LogP contribution in [0.2, 0.25) is 0 Å². The molecule has 14 heavy (non-hydrogen) atoms. The number of rotatable bonds is 2. The largest absolute Gasteiger partial charge is 0.311 e. The summed E-state index contributed by atoms with van der Waals surface area (Å²) in [6.45, 7) is 2.33. The maximum atomic E-state index is 3.70. The third-order valence-electron chi connectivity index (χ3n) is 3.83. The first kappa shape index (κ1) is 8.49. The summed E-state index contributed by atoms with van der Waals surface area (Å²) >= 11 is 0. The van der Waals surface area contributed by atoms with Crippen LogP contribution in [0.5, 0.6) is 0 Å². The monoisotopic (exact) mass is 187 g/mol. The molecule has 1 N–H and O–H groups in total. The van der Waals surface area contributed by atoms with E-state index in [2.05, 4.69) is 42.6 Å². The minimum absolute atomic E-state index is 0.748. The van der Waals surface area contributed by atoms with E-state index in [9.17, 15) is 0 Å². The third kappa shape index (κ3) is 1.36. The molecule has 1 saturated heterocycles. The van der Waals surface area contributed by atoms with Gasteiger partial charge in [-0.25, -0.2) is 0 Å². The fraction of sp³-hybridized carbons (Fsp3) is 0.538. The van der Waals surface area contributed by atoms with Crippen molar-refractivity contribution < 1.29 is 0 Å². The van der Waals surface area contributed by atoms with Gasteiger partial charge in [0, 0.05) is 12.1 Å². The number of benzene rings is 1. The van der Waals surface area contributed by atoms with E-state index in [4.69, 9.17) is 0 Å². The van der Waals surface area contributed by atoms with Crippen LogP contribution in [0.25, 0.3) is 0 Å². The Morgan fingerprint density at radius 2 is 2.00 bits per heavy atom. The molecule has 1 aliphatic heterocycles. The van der Waals surface area contributed by atoms with Crippen LogP contribution in [0.1, 0.15) is 18.9 Å². The van der Waals surface area contributed by atoms with Crippen LogP contribution < -0.4 is 5.32 Å². The van der Waals surface area contributed by atoms with Gasteiger partial charge in [-0.1, -0.05) is 30.3 Å². The normalized spacial score (nSPS) is 39.5. The molecular weight excluding hydrogens is 170 g/mol. The van der Waals surface area contributed by atoms with Gasteiger partial charge in [0.2, 0.25) is 0 Å². The SMILES string of the molecule is CC1NC(Cc2ccccc2)C2CC12. The van der Waals surface area contributed by atoms with Crippen molar-refractivity contribution in [2.75, 3.05) is 0 Å². The molecule has 1 aromatic rings. The van der Waals surface area contributed by atoms with E-state index in [1.807, 2.05) is 0 Å². The summed E-state index contributed by atoms with van der Waals surface area (Å²) in [4.78, 5) is 0. The van der Waals surface area contributed by atoms with Gasteiger partial charge in [-0.05, 0) is 37.2 Å². The summed E-state index contributed by atoms with van der Waals surface area (Å²) < 4.78 is 0. The molecule has 0 amide bonds. The topological polar surface area (TPSA) is 12.0 Å². The van der Waals surface area contributed by atoms with Gasteiger partial charge >= 0.3 is 0 Å². The standard InChI is InChI=1S/C13H17N/c1-9-11-8-12(11)13(14-9)7-10-5-3-2-4-6-10/h2-6,9,11-14H,7-8H2,1H3. The summed E-state index contributed by atoms with van der Waals surface area (Å²) in [6, 6.07) is 12.3. The predicted molar refractivity (Wildman–Crippen MR) is 58.1 cm³/mol. The number of nitrogens with one attached hydrogen (secondary N) is 1. The minimum atomic E-state index is 0.748. The van der Waals surface area contributed by atoms with Crippen molar-refractivity contribution in [2.24, 2.45) is 11.8 Å². The summed E-state index contributed by atoms with van der Waals surface area (Å²) in [5.74, 6) is 1.97. The van der Waals surface area contributed by atoms with Crippen molar-refractivity contribution in [2.45, 2.75) is 31.8 Å². The number of fused-ring (bicyclic) bond motifs is 1. The smallest absolute Gasteiger partial charge is 0.0142 e. The molecule has 3 rings (SSSR count). The van der Waals surface area contributed by atoms with Crippen LogP contribution in [-0.4, -0.2) is 12.1 Å². The average molecular weight is 187 g/mol. The maximum Gasteiger partial charge on any atom is 0.0142 e. The second kappa shape index (κ2) is 3.09. The van der Waals surface area contributed by atoms with Crippen LogP contribution in [0.3, 0.4) is 0 Å². The predicted octanol–water partition coefficient (Wildman–Crippen LogP) is 2.23. The fourth-order valence-electron chi connectivity index (χ4n) is 2.94. The van der Waals surface area contributed by atoms with E-state index >= 15 is 0 Å². The zero-order valence-electron chi connectivity index (χ0n) is 8.61. The quantitative estimate of drug-likeness (QED) is 0.748. The highest BCUT2D eigenvalue weighted by Gasteiger charge is 2.51. The van der Waals surface area contributed by atoms with Gasteiger partial charge in [-0.2, -0.15) is 0 Å². The second-order valence-corrected chi connectivity index (χ2v) is 4.81. The highest BCUT2D eigenvalue weighted by Crippen LogP contribution is 2.49. The van der Waals surface area contributed by atoms with Gasteiger partial charge in [-0.15, -0.1) is 0 Å². The Labute approximate surface area is 85.5 Å². The molecule has 4 atom stereocenters. The first-order valence-electron chi connectivity index (χ1n) is 5.64. The number of hydrogen-bond acceptors (Lipinski definition) is 1. The molecule has 1 heteroatoms. The van der Waals surface area contributed by atoms with E-state index in [1.54, 1.807) is 0 Å². The molecule has 74 valence electrons. The molecular formula is C13H17N. The molecule has 1 aliphatic carbocycles. The van der Waals surface area contributed by atoms with Crippen LogP contribution in [0, 0.1) is 11.8 Å². The Morgan fingerprint density at radius 3 is 2.57 bits per heavy atom. The zero-order valence-corrected chi connectivity index (χ0v) is 8.61. The first-order chi connectivity index (χ1) is 6.84. The van der Waals surface area contributed by atoms with Gasteiger partial charge in [0.25, 0.3) is 0 Å². The Bertz CT molecular complexity index is 319. The summed E-state index contributed by atoms with van der Waals surface area (Å²) in [7, 11) is 0. The number of piperidine rings is 1. The lowest BCUT2D eigenvalue weighted by molar-refractivity contribution is 0.480. The summed E-state index contributed by atoms with van der Waals surface area (Å²) in [5.41, 5.74) is 1.48. The van der Waals surface area contributed by atoms with E-state index in [-0.39, 0.29) is 0 Å².